The Labute approximate surface area is 161 Å². The molecule has 2 fully saturated rings. The van der Waals surface area contributed by atoms with Gasteiger partial charge in [0.05, 0.1) is 23.8 Å². The van der Waals surface area contributed by atoms with Crippen molar-refractivity contribution in [3.63, 3.8) is 0 Å². The molecular weight excluding hydrogens is 364 g/mol. The number of carbonyl (C=O) groups is 5. The molecule has 8 heteroatoms. The first kappa shape index (κ1) is 18.5. The molecule has 0 spiro atoms. The van der Waals surface area contributed by atoms with Crippen LogP contribution in [0.5, 0.6) is 0 Å². The summed E-state index contributed by atoms with van der Waals surface area (Å²) in [5.74, 6) is -1.76. The minimum absolute atomic E-state index is 0.0998. The van der Waals surface area contributed by atoms with Gasteiger partial charge in [-0.2, -0.15) is 0 Å². The van der Waals surface area contributed by atoms with Crippen LogP contribution in [0.25, 0.3) is 0 Å². The SMILES string of the molecule is O=CCCOC1CC(c2ccc3c(c2)C(=O)N(C2CCC(=O)NC2=O)C3=O)C1. The number of ether oxygens (including phenoxy) is 1. The number of amides is 4. The summed E-state index contributed by atoms with van der Waals surface area (Å²) in [7, 11) is 0. The Kier molecular flexibility index (Phi) is 4.80. The van der Waals surface area contributed by atoms with Gasteiger partial charge < -0.3 is 9.53 Å². The van der Waals surface area contributed by atoms with Crippen LogP contribution < -0.4 is 5.32 Å². The summed E-state index contributed by atoms with van der Waals surface area (Å²) in [5.41, 5.74) is 1.55. The Hall–Kier alpha value is -2.87. The van der Waals surface area contributed by atoms with E-state index in [0.29, 0.717) is 18.6 Å². The molecule has 0 radical (unpaired) electrons. The first-order valence-electron chi connectivity index (χ1n) is 9.40. The molecule has 0 aromatic heterocycles. The van der Waals surface area contributed by atoms with E-state index in [-0.39, 0.29) is 30.4 Å². The fourth-order valence-corrected chi connectivity index (χ4v) is 4.00. The van der Waals surface area contributed by atoms with Gasteiger partial charge in [-0.15, -0.1) is 0 Å². The quantitative estimate of drug-likeness (QED) is 0.444. The molecule has 1 unspecified atom stereocenters. The largest absolute Gasteiger partial charge is 0.378 e. The Morgan fingerprint density at radius 3 is 2.57 bits per heavy atom. The number of aldehydes is 1. The monoisotopic (exact) mass is 384 g/mol. The number of nitrogens with zero attached hydrogens (tertiary/aromatic N) is 1. The number of benzene rings is 1. The third-order valence-corrected chi connectivity index (χ3v) is 5.62. The predicted octanol–water partition coefficient (Wildman–Crippen LogP) is 0.939. The van der Waals surface area contributed by atoms with Crippen LogP contribution in [-0.4, -0.2) is 53.6 Å². The third-order valence-electron chi connectivity index (χ3n) is 5.62. The minimum Gasteiger partial charge on any atom is -0.378 e. The molecule has 2 aliphatic heterocycles. The lowest BCUT2D eigenvalue weighted by molar-refractivity contribution is -0.136. The topological polar surface area (TPSA) is 110 Å². The van der Waals surface area contributed by atoms with Crippen LogP contribution >= 0.6 is 0 Å². The number of fused-ring (bicyclic) bond motifs is 1. The van der Waals surface area contributed by atoms with E-state index < -0.39 is 29.7 Å². The number of nitrogens with one attached hydrogen (secondary N) is 1. The van der Waals surface area contributed by atoms with E-state index >= 15 is 0 Å². The van der Waals surface area contributed by atoms with Gasteiger partial charge in [-0.3, -0.25) is 29.4 Å². The molecule has 8 nitrogen and oxygen atoms in total. The average Bonchev–Trinajstić information content (AvgIpc) is 2.88. The average molecular weight is 384 g/mol. The lowest BCUT2D eigenvalue weighted by atomic mass is 9.77. The van der Waals surface area contributed by atoms with Crippen molar-refractivity contribution in [1.29, 1.82) is 0 Å². The van der Waals surface area contributed by atoms with Gasteiger partial charge in [-0.1, -0.05) is 6.07 Å². The molecule has 4 amide bonds. The van der Waals surface area contributed by atoms with Crippen molar-refractivity contribution in [2.45, 2.75) is 50.2 Å². The number of hydrogen-bond acceptors (Lipinski definition) is 6. The molecule has 1 aliphatic carbocycles. The highest BCUT2D eigenvalue weighted by molar-refractivity contribution is 6.23. The first-order chi connectivity index (χ1) is 13.5. The van der Waals surface area contributed by atoms with E-state index in [1.807, 2.05) is 6.07 Å². The van der Waals surface area contributed by atoms with E-state index in [2.05, 4.69) is 5.32 Å². The lowest BCUT2D eigenvalue weighted by Gasteiger charge is -2.35. The van der Waals surface area contributed by atoms with Crippen LogP contribution in [0.2, 0.25) is 0 Å². The van der Waals surface area contributed by atoms with Gasteiger partial charge in [-0.25, -0.2) is 0 Å². The van der Waals surface area contributed by atoms with E-state index in [9.17, 15) is 24.0 Å². The van der Waals surface area contributed by atoms with Crippen molar-refractivity contribution in [1.82, 2.24) is 10.2 Å². The van der Waals surface area contributed by atoms with E-state index in [0.717, 1.165) is 29.6 Å². The molecule has 0 bridgehead atoms. The summed E-state index contributed by atoms with van der Waals surface area (Å²) >= 11 is 0. The van der Waals surface area contributed by atoms with Gasteiger partial charge in [0.25, 0.3) is 11.8 Å². The fraction of sp³-hybridized carbons (Fsp3) is 0.450. The van der Waals surface area contributed by atoms with Gasteiger partial charge >= 0.3 is 0 Å². The summed E-state index contributed by atoms with van der Waals surface area (Å²) in [6.07, 6.45) is 3.16. The zero-order valence-electron chi connectivity index (χ0n) is 15.2. The van der Waals surface area contributed by atoms with E-state index in [1.54, 1.807) is 12.1 Å². The smallest absolute Gasteiger partial charge is 0.262 e. The number of piperidine rings is 1. The van der Waals surface area contributed by atoms with Crippen molar-refractivity contribution >= 4 is 29.9 Å². The normalized spacial score (nSPS) is 26.7. The summed E-state index contributed by atoms with van der Waals surface area (Å²) in [4.78, 5) is 60.3. The maximum absolute atomic E-state index is 12.8. The number of hydrogen-bond donors (Lipinski definition) is 1. The molecule has 1 saturated carbocycles. The van der Waals surface area contributed by atoms with Gasteiger partial charge in [0, 0.05) is 12.8 Å². The second-order valence-corrected chi connectivity index (χ2v) is 7.37. The van der Waals surface area contributed by atoms with E-state index in [4.69, 9.17) is 4.74 Å². The second kappa shape index (κ2) is 7.27. The van der Waals surface area contributed by atoms with Crippen molar-refractivity contribution in [2.75, 3.05) is 6.61 Å². The summed E-state index contributed by atoms with van der Waals surface area (Å²) in [6, 6.07) is 4.25. The van der Waals surface area contributed by atoms with Crippen molar-refractivity contribution in [2.24, 2.45) is 0 Å². The maximum Gasteiger partial charge on any atom is 0.262 e. The standard InChI is InChI=1S/C20H20N2O6/c23-6-1-7-28-13-8-12(9-13)11-2-3-14-15(10-11)20(27)22(19(14)26)16-4-5-17(24)21-18(16)25/h2-3,6,10,12-13,16H,1,4-5,7-9H2,(H,21,24,25). The number of imide groups is 2. The Morgan fingerprint density at radius 2 is 1.86 bits per heavy atom. The van der Waals surface area contributed by atoms with Crippen LogP contribution in [-0.2, 0) is 19.1 Å². The van der Waals surface area contributed by atoms with Gasteiger partial charge in [0.15, 0.2) is 0 Å². The molecule has 4 rings (SSSR count). The van der Waals surface area contributed by atoms with E-state index in [1.165, 1.54) is 0 Å². The van der Waals surface area contributed by atoms with Crippen LogP contribution in [0.1, 0.15) is 64.3 Å². The van der Waals surface area contributed by atoms with Crippen LogP contribution in [0.3, 0.4) is 0 Å². The number of rotatable bonds is 6. The first-order valence-corrected chi connectivity index (χ1v) is 9.40. The Balaban J connectivity index is 1.47. The summed E-state index contributed by atoms with van der Waals surface area (Å²) < 4.78 is 5.59. The molecule has 146 valence electrons. The molecule has 3 aliphatic rings. The molecule has 28 heavy (non-hydrogen) atoms. The Morgan fingerprint density at radius 1 is 1.11 bits per heavy atom. The van der Waals surface area contributed by atoms with Gasteiger partial charge in [0.1, 0.15) is 12.3 Å². The molecular formula is C20H20N2O6. The lowest BCUT2D eigenvalue weighted by Crippen LogP contribution is -2.54. The highest BCUT2D eigenvalue weighted by Crippen LogP contribution is 2.40. The zero-order valence-corrected chi connectivity index (χ0v) is 15.2. The Bertz CT molecular complexity index is 873. The molecule has 1 saturated heterocycles. The summed E-state index contributed by atoms with van der Waals surface area (Å²) in [5, 5.41) is 2.19. The second-order valence-electron chi connectivity index (χ2n) is 7.37. The molecule has 1 aromatic carbocycles. The number of carbonyl (C=O) groups excluding carboxylic acids is 5. The summed E-state index contributed by atoms with van der Waals surface area (Å²) in [6.45, 7) is 0.416. The molecule has 1 atom stereocenters. The molecule has 1 aromatic rings. The highest BCUT2D eigenvalue weighted by Gasteiger charge is 2.45. The molecule has 1 N–H and O–H groups in total. The fourth-order valence-electron chi connectivity index (χ4n) is 4.00. The van der Waals surface area contributed by atoms with Crippen LogP contribution in [0.15, 0.2) is 18.2 Å². The molecule has 2 heterocycles. The highest BCUT2D eigenvalue weighted by atomic mass is 16.5. The van der Waals surface area contributed by atoms with Crippen LogP contribution in [0.4, 0.5) is 0 Å². The minimum atomic E-state index is -0.951. The van der Waals surface area contributed by atoms with Crippen molar-refractivity contribution < 1.29 is 28.7 Å². The van der Waals surface area contributed by atoms with Gasteiger partial charge in [-0.05, 0) is 42.9 Å². The van der Waals surface area contributed by atoms with Gasteiger partial charge in [0.2, 0.25) is 11.8 Å². The maximum atomic E-state index is 12.8. The predicted molar refractivity (Wildman–Crippen MR) is 95.5 cm³/mol. The van der Waals surface area contributed by atoms with Crippen molar-refractivity contribution in [3.05, 3.63) is 34.9 Å². The zero-order chi connectivity index (χ0) is 19.8. The third kappa shape index (κ3) is 3.13. The van der Waals surface area contributed by atoms with Crippen LogP contribution in [0, 0.1) is 0 Å². The van der Waals surface area contributed by atoms with Crippen molar-refractivity contribution in [3.8, 4) is 0 Å².